The van der Waals surface area contributed by atoms with E-state index in [-0.39, 0.29) is 17.2 Å². The van der Waals surface area contributed by atoms with Crippen molar-refractivity contribution in [1.29, 1.82) is 0 Å². The van der Waals surface area contributed by atoms with Crippen molar-refractivity contribution in [3.8, 4) is 11.5 Å². The molecule has 31 heavy (non-hydrogen) atoms. The van der Waals surface area contributed by atoms with Gasteiger partial charge in [0, 0.05) is 34.8 Å². The van der Waals surface area contributed by atoms with Crippen LogP contribution in [0.25, 0.3) is 16.5 Å². The number of ether oxygens (including phenoxy) is 2. The molecule has 0 bridgehead atoms. The molecule has 2 heterocycles. The van der Waals surface area contributed by atoms with Crippen LogP contribution in [0.1, 0.15) is 43.9 Å². The number of hydrogen-bond acceptors (Lipinski definition) is 5. The third-order valence-corrected chi connectivity index (χ3v) is 6.34. The molecule has 1 N–H and O–H groups in total. The smallest absolute Gasteiger partial charge is 0.162 e. The number of carbonyl (C=O) groups is 1. The van der Waals surface area contributed by atoms with Gasteiger partial charge in [-0.2, -0.15) is 0 Å². The van der Waals surface area contributed by atoms with E-state index in [1.54, 1.807) is 14.2 Å². The lowest BCUT2D eigenvalue weighted by molar-refractivity contribution is -0.118. The standard InChI is InChI=1S/C26H26N2O3/c1-26(2)13-17-23-16-6-5-11-27-18(16)8-9-19(23)28-25(24(17)20(29)14-26)15-7-10-21(30-3)22(12-15)31-4/h5-12,25,28H,13-14H2,1-4H3/t25-/m1/s1. The van der Waals surface area contributed by atoms with E-state index < -0.39 is 0 Å². The molecule has 1 aromatic heterocycles. The fraction of sp³-hybridized carbons (Fsp3) is 0.308. The Hall–Kier alpha value is -3.34. The van der Waals surface area contributed by atoms with Crippen molar-refractivity contribution in [2.45, 2.75) is 32.7 Å². The maximum atomic E-state index is 13.5. The van der Waals surface area contributed by atoms with E-state index in [0.29, 0.717) is 17.9 Å². The summed E-state index contributed by atoms with van der Waals surface area (Å²) < 4.78 is 10.9. The van der Waals surface area contributed by atoms with E-state index >= 15 is 0 Å². The predicted molar refractivity (Wildman–Crippen MR) is 123 cm³/mol. The van der Waals surface area contributed by atoms with E-state index in [9.17, 15) is 4.79 Å². The maximum Gasteiger partial charge on any atom is 0.162 e. The Bertz CT molecular complexity index is 1240. The topological polar surface area (TPSA) is 60.5 Å². The van der Waals surface area contributed by atoms with Gasteiger partial charge in [-0.05, 0) is 53.3 Å². The molecule has 2 aromatic carbocycles. The number of nitrogens with one attached hydrogen (secondary N) is 1. The first kappa shape index (κ1) is 19.6. The molecule has 0 saturated heterocycles. The Balaban J connectivity index is 1.76. The summed E-state index contributed by atoms with van der Waals surface area (Å²) in [6, 6.07) is 13.8. The number of allylic oxidation sites excluding steroid dienone is 1. The van der Waals surface area contributed by atoms with Crippen molar-refractivity contribution >= 4 is 27.9 Å². The summed E-state index contributed by atoms with van der Waals surface area (Å²) in [6.07, 6.45) is 3.19. The zero-order chi connectivity index (χ0) is 21.8. The van der Waals surface area contributed by atoms with Gasteiger partial charge in [0.25, 0.3) is 0 Å². The molecule has 1 atom stereocenters. The lowest BCUT2D eigenvalue weighted by atomic mass is 9.68. The van der Waals surface area contributed by atoms with Crippen molar-refractivity contribution in [1.82, 2.24) is 4.98 Å². The van der Waals surface area contributed by atoms with Gasteiger partial charge >= 0.3 is 0 Å². The maximum absolute atomic E-state index is 13.5. The van der Waals surface area contributed by atoms with Crippen LogP contribution >= 0.6 is 0 Å². The Kier molecular flexibility index (Phi) is 4.50. The molecule has 1 aliphatic heterocycles. The van der Waals surface area contributed by atoms with Gasteiger partial charge in [0.2, 0.25) is 0 Å². The average Bonchev–Trinajstić information content (AvgIpc) is 2.76. The van der Waals surface area contributed by atoms with E-state index in [1.165, 1.54) is 0 Å². The summed E-state index contributed by atoms with van der Waals surface area (Å²) in [6.45, 7) is 4.34. The Morgan fingerprint density at radius 1 is 1.03 bits per heavy atom. The largest absolute Gasteiger partial charge is 0.493 e. The number of anilines is 1. The van der Waals surface area contributed by atoms with Crippen LogP contribution in [0.4, 0.5) is 5.69 Å². The van der Waals surface area contributed by atoms with Crippen molar-refractivity contribution < 1.29 is 14.3 Å². The molecule has 0 saturated carbocycles. The number of aromatic nitrogens is 1. The first-order chi connectivity index (χ1) is 14.9. The fourth-order valence-electron chi connectivity index (χ4n) is 5.00. The zero-order valence-electron chi connectivity index (χ0n) is 18.3. The van der Waals surface area contributed by atoms with Gasteiger partial charge in [0.05, 0.1) is 25.8 Å². The number of benzene rings is 2. The minimum Gasteiger partial charge on any atom is -0.493 e. The highest BCUT2D eigenvalue weighted by Gasteiger charge is 2.41. The molecule has 3 aromatic rings. The van der Waals surface area contributed by atoms with Gasteiger partial charge in [-0.1, -0.05) is 26.0 Å². The lowest BCUT2D eigenvalue weighted by Crippen LogP contribution is -2.33. The second-order valence-electron chi connectivity index (χ2n) is 9.08. The molecule has 5 heteroatoms. The minimum atomic E-state index is -0.236. The summed E-state index contributed by atoms with van der Waals surface area (Å²) in [5, 5.41) is 4.73. The Labute approximate surface area is 182 Å². The predicted octanol–water partition coefficient (Wildman–Crippen LogP) is 5.56. The summed E-state index contributed by atoms with van der Waals surface area (Å²) in [4.78, 5) is 18.0. The third kappa shape index (κ3) is 3.16. The number of rotatable bonds is 3. The van der Waals surface area contributed by atoms with Crippen molar-refractivity contribution in [2.24, 2.45) is 5.41 Å². The third-order valence-electron chi connectivity index (χ3n) is 6.34. The quantitative estimate of drug-likeness (QED) is 0.608. The monoisotopic (exact) mass is 414 g/mol. The summed E-state index contributed by atoms with van der Waals surface area (Å²) in [5.41, 5.74) is 5.97. The number of carbonyl (C=O) groups excluding carboxylic acids is 1. The molecule has 0 amide bonds. The highest BCUT2D eigenvalue weighted by atomic mass is 16.5. The van der Waals surface area contributed by atoms with E-state index in [4.69, 9.17) is 9.47 Å². The van der Waals surface area contributed by atoms with Crippen LogP contribution in [-0.4, -0.2) is 25.0 Å². The molecule has 5 nitrogen and oxygen atoms in total. The number of Topliss-reactive ketones (excluding diaryl/α,β-unsaturated/α-hetero) is 1. The lowest BCUT2D eigenvalue weighted by Gasteiger charge is -2.40. The number of ketones is 1. The fourth-order valence-corrected chi connectivity index (χ4v) is 5.00. The molecule has 2 aliphatic rings. The van der Waals surface area contributed by atoms with Crippen LogP contribution in [0.5, 0.6) is 11.5 Å². The van der Waals surface area contributed by atoms with E-state index in [1.807, 2.05) is 36.5 Å². The van der Waals surface area contributed by atoms with Crippen molar-refractivity contribution in [3.05, 3.63) is 65.4 Å². The van der Waals surface area contributed by atoms with Crippen LogP contribution in [0, 0.1) is 5.41 Å². The van der Waals surface area contributed by atoms with E-state index in [2.05, 4.69) is 36.3 Å². The average molecular weight is 415 g/mol. The number of fused-ring (bicyclic) bond motifs is 4. The second-order valence-corrected chi connectivity index (χ2v) is 9.08. The first-order valence-electron chi connectivity index (χ1n) is 10.5. The molecular formula is C26H26N2O3. The number of nitrogens with zero attached hydrogens (tertiary/aromatic N) is 1. The van der Waals surface area contributed by atoms with Gasteiger partial charge in [-0.3, -0.25) is 9.78 Å². The number of hydrogen-bond donors (Lipinski definition) is 1. The van der Waals surface area contributed by atoms with Crippen LogP contribution in [0.3, 0.4) is 0 Å². The molecule has 5 rings (SSSR count). The Morgan fingerprint density at radius 3 is 2.61 bits per heavy atom. The van der Waals surface area contributed by atoms with Crippen molar-refractivity contribution in [2.75, 3.05) is 19.5 Å². The van der Waals surface area contributed by atoms with Gasteiger partial charge in [-0.15, -0.1) is 0 Å². The van der Waals surface area contributed by atoms with Crippen LogP contribution in [0.15, 0.2) is 54.2 Å². The SMILES string of the molecule is COc1ccc([C@H]2Nc3ccc4ncccc4c3C3=C2C(=O)CC(C)(C)C3)cc1OC. The molecule has 0 fully saturated rings. The van der Waals surface area contributed by atoms with Gasteiger partial charge in [0.1, 0.15) is 0 Å². The Morgan fingerprint density at radius 2 is 1.84 bits per heavy atom. The first-order valence-corrected chi connectivity index (χ1v) is 10.5. The number of methoxy groups -OCH3 is 2. The van der Waals surface area contributed by atoms with Crippen molar-refractivity contribution in [3.63, 3.8) is 0 Å². The molecule has 1 aliphatic carbocycles. The van der Waals surface area contributed by atoms with Crippen LogP contribution < -0.4 is 14.8 Å². The minimum absolute atomic E-state index is 0.0863. The number of pyridine rings is 1. The normalized spacial score (nSPS) is 19.5. The molecule has 0 radical (unpaired) electrons. The summed E-state index contributed by atoms with van der Waals surface area (Å²) in [7, 11) is 3.25. The highest BCUT2D eigenvalue weighted by Crippen LogP contribution is 2.52. The van der Waals surface area contributed by atoms with Crippen LogP contribution in [-0.2, 0) is 4.79 Å². The van der Waals surface area contributed by atoms with Gasteiger partial charge in [0.15, 0.2) is 17.3 Å². The summed E-state index contributed by atoms with van der Waals surface area (Å²) in [5.74, 6) is 1.52. The molecule has 0 unspecified atom stereocenters. The van der Waals surface area contributed by atoms with Crippen LogP contribution in [0.2, 0.25) is 0 Å². The van der Waals surface area contributed by atoms with E-state index in [0.717, 1.165) is 45.3 Å². The zero-order valence-corrected chi connectivity index (χ0v) is 18.3. The summed E-state index contributed by atoms with van der Waals surface area (Å²) >= 11 is 0. The molecule has 158 valence electrons. The molecular weight excluding hydrogens is 388 g/mol. The van der Waals surface area contributed by atoms with Gasteiger partial charge < -0.3 is 14.8 Å². The second kappa shape index (κ2) is 7.12. The highest BCUT2D eigenvalue weighted by molar-refractivity contribution is 6.12. The van der Waals surface area contributed by atoms with Gasteiger partial charge in [-0.25, -0.2) is 0 Å². The molecule has 0 spiro atoms.